The predicted octanol–water partition coefficient (Wildman–Crippen LogP) is 4.51. The van der Waals surface area contributed by atoms with Crippen LogP contribution < -0.4 is 0 Å². The lowest BCUT2D eigenvalue weighted by Crippen LogP contribution is -2.21. The van der Waals surface area contributed by atoms with Gasteiger partial charge in [0.1, 0.15) is 5.78 Å². The maximum absolute atomic E-state index is 12.9. The molecule has 0 spiro atoms. The van der Waals surface area contributed by atoms with E-state index in [0.717, 1.165) is 31.4 Å². The summed E-state index contributed by atoms with van der Waals surface area (Å²) < 4.78 is 38.6. The molecule has 0 amide bonds. The lowest BCUT2D eigenvalue weighted by molar-refractivity contribution is -0.138. The van der Waals surface area contributed by atoms with E-state index in [4.69, 9.17) is 5.11 Å². The SMILES string of the molecule is O=C(O)CCCCCC[C@H]1[C@@H](O)CC(=O)[C@@H]1CCC(O)c1cccc(C(F)(F)F)c1. The Morgan fingerprint density at radius 3 is 2.50 bits per heavy atom. The number of carboxylic acid groups (broad SMARTS) is 1. The average Bonchev–Trinajstić information content (AvgIpc) is 2.94. The van der Waals surface area contributed by atoms with Crippen molar-refractivity contribution in [3.05, 3.63) is 35.4 Å². The maximum atomic E-state index is 12.9. The monoisotopic (exact) mass is 430 g/mol. The fraction of sp³-hybridized carbons (Fsp3) is 0.636. The van der Waals surface area contributed by atoms with Crippen LogP contribution in [-0.2, 0) is 15.8 Å². The molecule has 30 heavy (non-hydrogen) atoms. The summed E-state index contributed by atoms with van der Waals surface area (Å²) in [5.74, 6) is -1.55. The number of unbranched alkanes of at least 4 members (excludes halogenated alkanes) is 3. The summed E-state index contributed by atoms with van der Waals surface area (Å²) in [6, 6.07) is 4.54. The molecule has 4 atom stereocenters. The normalized spacial score (nSPS) is 23.0. The second-order valence-electron chi connectivity index (χ2n) is 8.07. The molecule has 168 valence electrons. The van der Waals surface area contributed by atoms with Gasteiger partial charge >= 0.3 is 12.1 Å². The molecule has 1 fully saturated rings. The van der Waals surface area contributed by atoms with E-state index in [-0.39, 0.29) is 36.5 Å². The molecule has 3 N–H and O–H groups in total. The number of halogens is 3. The highest BCUT2D eigenvalue weighted by Crippen LogP contribution is 2.38. The quantitative estimate of drug-likeness (QED) is 0.449. The number of carbonyl (C=O) groups excluding carboxylic acids is 1. The summed E-state index contributed by atoms with van der Waals surface area (Å²) in [4.78, 5) is 22.8. The molecular formula is C22H29F3O5. The Hall–Kier alpha value is -1.93. The number of carboxylic acids is 1. The Kier molecular flexibility index (Phi) is 8.85. The fourth-order valence-electron chi connectivity index (χ4n) is 4.22. The smallest absolute Gasteiger partial charge is 0.416 e. The van der Waals surface area contributed by atoms with Crippen molar-refractivity contribution in [2.24, 2.45) is 11.8 Å². The Labute approximate surface area is 173 Å². The number of ketones is 1. The molecule has 2 rings (SSSR count). The Balaban J connectivity index is 1.87. The second-order valence-corrected chi connectivity index (χ2v) is 8.07. The van der Waals surface area contributed by atoms with Crippen LogP contribution in [0.2, 0.25) is 0 Å². The van der Waals surface area contributed by atoms with Gasteiger partial charge in [-0.1, -0.05) is 31.4 Å². The number of benzene rings is 1. The topological polar surface area (TPSA) is 94.8 Å². The number of hydrogen-bond donors (Lipinski definition) is 3. The summed E-state index contributed by atoms with van der Waals surface area (Å²) in [6.45, 7) is 0. The van der Waals surface area contributed by atoms with Crippen LogP contribution >= 0.6 is 0 Å². The summed E-state index contributed by atoms with van der Waals surface area (Å²) in [5, 5.41) is 29.2. The van der Waals surface area contributed by atoms with Crippen LogP contribution in [-0.4, -0.2) is 33.2 Å². The fourth-order valence-corrected chi connectivity index (χ4v) is 4.22. The first-order valence-corrected chi connectivity index (χ1v) is 10.4. The summed E-state index contributed by atoms with van der Waals surface area (Å²) in [5.41, 5.74) is -0.669. The van der Waals surface area contributed by atoms with Gasteiger partial charge in [0.15, 0.2) is 0 Å². The molecular weight excluding hydrogens is 401 g/mol. The van der Waals surface area contributed by atoms with Crippen LogP contribution in [0.1, 0.15) is 75.0 Å². The van der Waals surface area contributed by atoms with Gasteiger partial charge < -0.3 is 15.3 Å². The Morgan fingerprint density at radius 2 is 1.83 bits per heavy atom. The van der Waals surface area contributed by atoms with Crippen LogP contribution in [0.25, 0.3) is 0 Å². The van der Waals surface area contributed by atoms with E-state index in [1.807, 2.05) is 0 Å². The zero-order valence-corrected chi connectivity index (χ0v) is 16.8. The van der Waals surface area contributed by atoms with Crippen molar-refractivity contribution in [1.29, 1.82) is 0 Å². The molecule has 0 radical (unpaired) electrons. The zero-order chi connectivity index (χ0) is 22.3. The van der Waals surface area contributed by atoms with Gasteiger partial charge in [-0.2, -0.15) is 13.2 Å². The van der Waals surface area contributed by atoms with E-state index in [9.17, 15) is 33.0 Å². The Bertz CT molecular complexity index is 719. The molecule has 0 saturated heterocycles. The molecule has 8 heteroatoms. The summed E-state index contributed by atoms with van der Waals surface area (Å²) >= 11 is 0. The van der Waals surface area contributed by atoms with E-state index in [1.54, 1.807) is 0 Å². The Morgan fingerprint density at radius 1 is 1.13 bits per heavy atom. The molecule has 1 aliphatic carbocycles. The van der Waals surface area contributed by atoms with Gasteiger partial charge in [-0.05, 0) is 49.3 Å². The third-order valence-electron chi connectivity index (χ3n) is 5.86. The highest BCUT2D eigenvalue weighted by Gasteiger charge is 2.40. The summed E-state index contributed by atoms with van der Waals surface area (Å²) in [7, 11) is 0. The minimum Gasteiger partial charge on any atom is -0.481 e. The second kappa shape index (κ2) is 10.9. The molecule has 1 aliphatic rings. The minimum absolute atomic E-state index is 0.0635. The number of hydrogen-bond acceptors (Lipinski definition) is 4. The van der Waals surface area contributed by atoms with Crippen LogP contribution in [0.3, 0.4) is 0 Å². The van der Waals surface area contributed by atoms with Crippen molar-refractivity contribution in [1.82, 2.24) is 0 Å². The number of aliphatic hydroxyl groups is 2. The van der Waals surface area contributed by atoms with Gasteiger partial charge in [-0.25, -0.2) is 0 Å². The van der Waals surface area contributed by atoms with Crippen LogP contribution in [0, 0.1) is 11.8 Å². The number of rotatable bonds is 11. The molecule has 0 heterocycles. The first-order valence-electron chi connectivity index (χ1n) is 10.4. The standard InChI is InChI=1S/C22H29F3O5/c23-22(24,25)15-7-5-6-14(12-15)18(26)11-10-17-16(19(27)13-20(17)28)8-3-1-2-4-9-21(29)30/h5-7,12,16-19,26-27H,1-4,8-11,13H2,(H,29,30)/t16-,17-,18?,19+/m1/s1. The number of Topliss-reactive ketones (excluding diaryl/α,β-unsaturated/α-hetero) is 1. The third kappa shape index (κ3) is 7.09. The maximum Gasteiger partial charge on any atom is 0.416 e. The molecule has 0 bridgehead atoms. The van der Waals surface area contributed by atoms with Crippen LogP contribution in [0.5, 0.6) is 0 Å². The molecule has 1 unspecified atom stereocenters. The van der Waals surface area contributed by atoms with Gasteiger partial charge in [0.25, 0.3) is 0 Å². The van der Waals surface area contributed by atoms with Gasteiger partial charge in [-0.3, -0.25) is 9.59 Å². The van der Waals surface area contributed by atoms with Crippen molar-refractivity contribution in [2.45, 2.75) is 76.2 Å². The lowest BCUT2D eigenvalue weighted by atomic mass is 9.84. The van der Waals surface area contributed by atoms with Crippen molar-refractivity contribution in [3.63, 3.8) is 0 Å². The zero-order valence-electron chi connectivity index (χ0n) is 16.8. The van der Waals surface area contributed by atoms with E-state index in [0.29, 0.717) is 19.3 Å². The van der Waals surface area contributed by atoms with Gasteiger partial charge in [0.05, 0.1) is 17.8 Å². The first-order chi connectivity index (χ1) is 14.1. The first kappa shape index (κ1) is 24.3. The molecule has 0 aliphatic heterocycles. The van der Waals surface area contributed by atoms with Crippen LogP contribution in [0.15, 0.2) is 24.3 Å². The number of aliphatic hydroxyl groups excluding tert-OH is 2. The van der Waals surface area contributed by atoms with Crippen molar-refractivity contribution < 1.29 is 38.1 Å². The molecule has 0 aromatic heterocycles. The largest absolute Gasteiger partial charge is 0.481 e. The van der Waals surface area contributed by atoms with Crippen molar-refractivity contribution >= 4 is 11.8 Å². The van der Waals surface area contributed by atoms with Gasteiger partial charge in [-0.15, -0.1) is 0 Å². The highest BCUT2D eigenvalue weighted by atomic mass is 19.4. The van der Waals surface area contributed by atoms with Crippen molar-refractivity contribution in [3.8, 4) is 0 Å². The van der Waals surface area contributed by atoms with Gasteiger partial charge in [0, 0.05) is 18.8 Å². The van der Waals surface area contributed by atoms with E-state index < -0.39 is 35.8 Å². The predicted molar refractivity (Wildman–Crippen MR) is 104 cm³/mol. The number of carbonyl (C=O) groups is 2. The van der Waals surface area contributed by atoms with E-state index in [2.05, 4.69) is 0 Å². The minimum atomic E-state index is -4.49. The molecule has 1 saturated carbocycles. The molecule has 1 aromatic rings. The van der Waals surface area contributed by atoms with E-state index in [1.165, 1.54) is 12.1 Å². The highest BCUT2D eigenvalue weighted by molar-refractivity contribution is 5.84. The van der Waals surface area contributed by atoms with Gasteiger partial charge in [0.2, 0.25) is 0 Å². The average molecular weight is 430 g/mol. The number of aliphatic carboxylic acids is 1. The molecule has 5 nitrogen and oxygen atoms in total. The van der Waals surface area contributed by atoms with Crippen LogP contribution in [0.4, 0.5) is 13.2 Å². The molecule has 1 aromatic carbocycles. The lowest BCUT2D eigenvalue weighted by Gasteiger charge is -2.22. The summed E-state index contributed by atoms with van der Waals surface area (Å²) in [6.07, 6.45) is -2.16. The van der Waals surface area contributed by atoms with E-state index >= 15 is 0 Å². The number of alkyl halides is 3. The van der Waals surface area contributed by atoms with Crippen molar-refractivity contribution in [2.75, 3.05) is 0 Å². The third-order valence-corrected chi connectivity index (χ3v) is 5.86.